The van der Waals surface area contributed by atoms with Gasteiger partial charge in [0.25, 0.3) is 0 Å². The Morgan fingerprint density at radius 2 is 2.11 bits per heavy atom. The van der Waals surface area contributed by atoms with E-state index in [0.717, 1.165) is 30.4 Å². The molecule has 148 valence electrons. The van der Waals surface area contributed by atoms with Gasteiger partial charge in [0.1, 0.15) is 11.5 Å². The van der Waals surface area contributed by atoms with Crippen molar-refractivity contribution in [3.8, 4) is 5.75 Å². The Morgan fingerprint density at radius 3 is 3.00 bits per heavy atom. The van der Waals surface area contributed by atoms with Crippen molar-refractivity contribution in [3.05, 3.63) is 63.7 Å². The quantitative estimate of drug-likeness (QED) is 0.803. The van der Waals surface area contributed by atoms with Crippen LogP contribution in [0.4, 0.5) is 0 Å². The third-order valence-electron chi connectivity index (χ3n) is 5.06. The average molecular weight is 420 g/mol. The number of fused-ring (bicyclic) bond motifs is 2. The van der Waals surface area contributed by atoms with Crippen LogP contribution in [0.2, 0.25) is 5.02 Å². The number of hydrogen-bond acceptors (Lipinski definition) is 4. The lowest BCUT2D eigenvalue weighted by atomic mass is 9.88. The number of benzene rings is 2. The van der Waals surface area contributed by atoms with E-state index in [1.54, 1.807) is 12.1 Å². The summed E-state index contributed by atoms with van der Waals surface area (Å²) in [6.07, 6.45) is 2.99. The molecule has 1 amide bonds. The van der Waals surface area contributed by atoms with E-state index < -0.39 is 10.8 Å². The first kappa shape index (κ1) is 19.4. The van der Waals surface area contributed by atoms with E-state index >= 15 is 0 Å². The van der Waals surface area contributed by atoms with E-state index in [0.29, 0.717) is 17.4 Å². The predicted octanol–water partition coefficient (Wildman–Crippen LogP) is 3.65. The Balaban J connectivity index is 1.40. The van der Waals surface area contributed by atoms with Gasteiger partial charge in [-0.05, 0) is 42.5 Å². The van der Waals surface area contributed by atoms with Crippen molar-refractivity contribution < 1.29 is 18.5 Å². The lowest BCUT2D eigenvalue weighted by molar-refractivity contribution is -0.119. The number of carbonyl (C=O) groups is 1. The zero-order valence-electron chi connectivity index (χ0n) is 15.4. The van der Waals surface area contributed by atoms with Gasteiger partial charge in [0, 0.05) is 26.9 Å². The van der Waals surface area contributed by atoms with E-state index in [1.165, 1.54) is 11.1 Å². The number of carbonyl (C=O) groups excluding carboxylic acids is 1. The lowest BCUT2D eigenvalue weighted by Gasteiger charge is -2.26. The lowest BCUT2D eigenvalue weighted by Crippen LogP contribution is -2.34. The topological polar surface area (TPSA) is 64.6 Å². The fourth-order valence-electron chi connectivity index (χ4n) is 3.87. The van der Waals surface area contributed by atoms with Gasteiger partial charge in [-0.2, -0.15) is 0 Å². The van der Waals surface area contributed by atoms with Crippen LogP contribution in [0.25, 0.3) is 0 Å². The molecule has 2 aromatic carbocycles. The van der Waals surface area contributed by atoms with Crippen molar-refractivity contribution >= 4 is 28.3 Å². The Hall–Kier alpha value is -1.89. The zero-order chi connectivity index (χ0) is 19.5. The Labute approximate surface area is 171 Å². The Bertz CT molecular complexity index is 917. The van der Waals surface area contributed by atoms with Crippen LogP contribution >= 0.6 is 11.6 Å². The summed E-state index contributed by atoms with van der Waals surface area (Å²) >= 11 is 6.16. The van der Waals surface area contributed by atoms with Crippen LogP contribution in [0, 0.1) is 0 Å². The summed E-state index contributed by atoms with van der Waals surface area (Å²) in [6, 6.07) is 11.7. The summed E-state index contributed by atoms with van der Waals surface area (Å²) in [4.78, 5) is 12.5. The van der Waals surface area contributed by atoms with Gasteiger partial charge in [-0.3, -0.25) is 9.00 Å². The van der Waals surface area contributed by atoms with Crippen LogP contribution in [0.3, 0.4) is 0 Å². The summed E-state index contributed by atoms with van der Waals surface area (Å²) in [5.41, 5.74) is 4.05. The zero-order valence-corrected chi connectivity index (χ0v) is 17.0. The van der Waals surface area contributed by atoms with Crippen molar-refractivity contribution in [2.24, 2.45) is 0 Å². The highest BCUT2D eigenvalue weighted by Crippen LogP contribution is 2.33. The van der Waals surface area contributed by atoms with Gasteiger partial charge in [-0.15, -0.1) is 0 Å². The summed E-state index contributed by atoms with van der Waals surface area (Å²) in [6.45, 7) is 0.576. The number of nitrogens with one attached hydrogen (secondary N) is 1. The highest BCUT2D eigenvalue weighted by Gasteiger charge is 2.23. The number of halogens is 1. The van der Waals surface area contributed by atoms with E-state index in [1.807, 2.05) is 12.1 Å². The molecule has 4 rings (SSSR count). The maximum Gasteiger partial charge on any atom is 0.233 e. The molecule has 2 aliphatic rings. The summed E-state index contributed by atoms with van der Waals surface area (Å²) in [7, 11) is -1.36. The minimum atomic E-state index is -1.36. The van der Waals surface area contributed by atoms with Gasteiger partial charge in [0.15, 0.2) is 6.79 Å². The fourth-order valence-corrected chi connectivity index (χ4v) is 5.18. The van der Waals surface area contributed by atoms with Crippen LogP contribution in [-0.2, 0) is 39.1 Å². The molecule has 28 heavy (non-hydrogen) atoms. The van der Waals surface area contributed by atoms with Gasteiger partial charge in [0.2, 0.25) is 5.91 Å². The highest BCUT2D eigenvalue weighted by atomic mass is 35.5. The third-order valence-corrected chi connectivity index (χ3v) is 6.50. The summed E-state index contributed by atoms with van der Waals surface area (Å²) < 4.78 is 23.5. The van der Waals surface area contributed by atoms with Crippen LogP contribution in [-0.4, -0.2) is 22.7 Å². The third kappa shape index (κ3) is 4.40. The second kappa shape index (κ2) is 8.64. The highest BCUT2D eigenvalue weighted by molar-refractivity contribution is 7.84. The second-order valence-electron chi connectivity index (χ2n) is 7.10. The molecule has 0 bridgehead atoms. The molecule has 1 aliphatic heterocycles. The first-order chi connectivity index (χ1) is 13.6. The summed E-state index contributed by atoms with van der Waals surface area (Å²) in [5, 5.41) is 3.60. The largest absolute Gasteiger partial charge is 0.467 e. The molecule has 0 saturated heterocycles. The van der Waals surface area contributed by atoms with Crippen LogP contribution in [0.1, 0.15) is 41.1 Å². The molecule has 0 radical (unpaired) electrons. The van der Waals surface area contributed by atoms with Crippen LogP contribution in [0.5, 0.6) is 5.75 Å². The van der Waals surface area contributed by atoms with Crippen molar-refractivity contribution in [2.45, 2.75) is 37.7 Å². The Morgan fingerprint density at radius 1 is 1.25 bits per heavy atom. The molecule has 7 heteroatoms. The molecule has 0 aromatic heterocycles. The predicted molar refractivity (Wildman–Crippen MR) is 109 cm³/mol. The number of amides is 1. The molecule has 0 saturated carbocycles. The monoisotopic (exact) mass is 419 g/mol. The van der Waals surface area contributed by atoms with Crippen molar-refractivity contribution in [1.82, 2.24) is 5.32 Å². The number of aryl methyl sites for hydroxylation is 1. The average Bonchev–Trinajstić information content (AvgIpc) is 2.68. The van der Waals surface area contributed by atoms with E-state index in [4.69, 9.17) is 21.1 Å². The van der Waals surface area contributed by atoms with Gasteiger partial charge < -0.3 is 14.8 Å². The number of rotatable bonds is 5. The molecule has 2 atom stereocenters. The fraction of sp³-hybridized carbons (Fsp3) is 0.381. The van der Waals surface area contributed by atoms with Gasteiger partial charge in [-0.1, -0.05) is 35.9 Å². The van der Waals surface area contributed by atoms with Gasteiger partial charge in [-0.25, -0.2) is 0 Å². The smallest absolute Gasteiger partial charge is 0.233 e. The first-order valence-electron chi connectivity index (χ1n) is 9.34. The molecule has 0 unspecified atom stereocenters. The van der Waals surface area contributed by atoms with E-state index in [2.05, 4.69) is 17.4 Å². The molecule has 5 nitrogen and oxygen atoms in total. The van der Waals surface area contributed by atoms with Gasteiger partial charge in [0.05, 0.1) is 18.4 Å². The summed E-state index contributed by atoms with van der Waals surface area (Å²) in [5.74, 6) is 0.652. The molecule has 0 fully saturated rings. The number of ether oxygens (including phenoxy) is 2. The normalized spacial score (nSPS) is 19.1. The molecule has 1 N–H and O–H groups in total. The van der Waals surface area contributed by atoms with Crippen molar-refractivity contribution in [3.63, 3.8) is 0 Å². The number of hydrogen-bond donors (Lipinski definition) is 1. The Kier molecular flexibility index (Phi) is 5.99. The first-order valence-corrected chi connectivity index (χ1v) is 11.2. The minimum absolute atomic E-state index is 0.00568. The molecule has 2 aromatic rings. The van der Waals surface area contributed by atoms with Crippen LogP contribution in [0.15, 0.2) is 36.4 Å². The standard InChI is InChI=1S/C21H22ClNO4S/c22-17-8-15-10-26-13-27-21(15)16(9-17)11-28(25)12-20(24)23-19-7-3-5-14-4-1-2-6-18(14)19/h1-2,4,6,8-9,19H,3,5,7,10-13H2,(H,23,24)/t19-,28-/m0/s1. The molecular formula is C21H22ClNO4S. The van der Waals surface area contributed by atoms with Crippen LogP contribution < -0.4 is 10.1 Å². The second-order valence-corrected chi connectivity index (χ2v) is 9.00. The maximum atomic E-state index is 12.6. The molecule has 0 spiro atoms. The SMILES string of the molecule is O=C(C[S@@](=O)Cc1cc(Cl)cc2c1OCOC2)N[C@H]1CCCc2ccccc21. The minimum Gasteiger partial charge on any atom is -0.467 e. The van der Waals surface area contributed by atoms with E-state index in [9.17, 15) is 9.00 Å². The van der Waals surface area contributed by atoms with E-state index in [-0.39, 0.29) is 30.2 Å². The van der Waals surface area contributed by atoms with Gasteiger partial charge >= 0.3 is 0 Å². The van der Waals surface area contributed by atoms with Crippen molar-refractivity contribution in [1.29, 1.82) is 0 Å². The maximum absolute atomic E-state index is 12.6. The van der Waals surface area contributed by atoms with Crippen molar-refractivity contribution in [2.75, 3.05) is 12.5 Å². The molecule has 1 heterocycles. The molecule has 1 aliphatic carbocycles. The molecular weight excluding hydrogens is 398 g/mol.